The van der Waals surface area contributed by atoms with Crippen molar-refractivity contribution in [1.82, 2.24) is 9.03 Å². The van der Waals surface area contributed by atoms with Gasteiger partial charge in [0.15, 0.2) is 0 Å². The molecule has 1 aliphatic rings. The molecule has 1 aromatic rings. The number of nitrogens with one attached hydrogen (secondary N) is 1. The van der Waals surface area contributed by atoms with Gasteiger partial charge in [0.25, 0.3) is 10.2 Å². The molecule has 0 saturated carbocycles. The molecule has 0 aliphatic carbocycles. The number of morpholine rings is 1. The van der Waals surface area contributed by atoms with Gasteiger partial charge >= 0.3 is 0 Å². The van der Waals surface area contributed by atoms with Gasteiger partial charge in [-0.15, -0.1) is 0 Å². The maximum absolute atomic E-state index is 11.9. The summed E-state index contributed by atoms with van der Waals surface area (Å²) in [6, 6.07) is 7.50. The summed E-state index contributed by atoms with van der Waals surface area (Å²) in [5.74, 6) is 0. The molecule has 2 atom stereocenters. The molecule has 1 fully saturated rings. The third-order valence-corrected chi connectivity index (χ3v) is 5.44. The van der Waals surface area contributed by atoms with E-state index in [4.69, 9.17) is 4.74 Å². The van der Waals surface area contributed by atoms with E-state index in [1.165, 1.54) is 11.4 Å². The molecule has 1 N–H and O–H groups in total. The van der Waals surface area contributed by atoms with Crippen LogP contribution in [0.2, 0.25) is 0 Å². The number of halogens is 1. The summed E-state index contributed by atoms with van der Waals surface area (Å²) in [4.78, 5) is 0. The Kier molecular flexibility index (Phi) is 4.62. The van der Waals surface area contributed by atoms with E-state index in [0.717, 1.165) is 10.0 Å². The van der Waals surface area contributed by atoms with E-state index in [0.29, 0.717) is 13.2 Å². The fraction of sp³-hybridized carbons (Fsp3) is 0.500. The lowest BCUT2D eigenvalue weighted by atomic mass is 10.0. The van der Waals surface area contributed by atoms with Gasteiger partial charge in [0.2, 0.25) is 0 Å². The fourth-order valence-electron chi connectivity index (χ4n) is 2.25. The summed E-state index contributed by atoms with van der Waals surface area (Å²) in [6.45, 7) is 2.63. The predicted octanol–water partition coefficient (Wildman–Crippen LogP) is 1.68. The quantitative estimate of drug-likeness (QED) is 0.903. The minimum absolute atomic E-state index is 0.243. The molecular weight excluding hydrogens is 332 g/mol. The Balaban J connectivity index is 2.25. The first-order chi connectivity index (χ1) is 8.95. The van der Waals surface area contributed by atoms with Crippen LogP contribution in [0.5, 0.6) is 0 Å². The van der Waals surface area contributed by atoms with Crippen LogP contribution in [0.15, 0.2) is 28.7 Å². The van der Waals surface area contributed by atoms with Crippen LogP contribution in [0.3, 0.4) is 0 Å². The van der Waals surface area contributed by atoms with E-state index < -0.39 is 10.2 Å². The molecule has 1 aliphatic heterocycles. The van der Waals surface area contributed by atoms with Crippen LogP contribution in [0, 0.1) is 0 Å². The second-order valence-corrected chi connectivity index (χ2v) is 7.15. The highest BCUT2D eigenvalue weighted by Crippen LogP contribution is 2.30. The van der Waals surface area contributed by atoms with E-state index in [-0.39, 0.29) is 12.1 Å². The molecule has 106 valence electrons. The van der Waals surface area contributed by atoms with Crippen molar-refractivity contribution >= 4 is 26.1 Å². The van der Waals surface area contributed by atoms with E-state index in [1.807, 2.05) is 31.2 Å². The third-order valence-electron chi connectivity index (χ3n) is 3.27. The van der Waals surface area contributed by atoms with Crippen LogP contribution >= 0.6 is 15.9 Å². The van der Waals surface area contributed by atoms with Crippen molar-refractivity contribution in [3.63, 3.8) is 0 Å². The van der Waals surface area contributed by atoms with Crippen LogP contribution in [-0.2, 0) is 14.9 Å². The smallest absolute Gasteiger partial charge is 0.279 e. The molecule has 0 amide bonds. The molecule has 1 heterocycles. The number of benzene rings is 1. The molecule has 19 heavy (non-hydrogen) atoms. The van der Waals surface area contributed by atoms with E-state index in [9.17, 15) is 8.42 Å². The zero-order chi connectivity index (χ0) is 14.0. The second kappa shape index (κ2) is 5.88. The Hall–Kier alpha value is -0.470. The number of ether oxygens (including phenoxy) is 1. The molecule has 0 radical (unpaired) electrons. The largest absolute Gasteiger partial charge is 0.370 e. The standard InChI is InChI=1S/C12H17BrN2O3S/c1-9-12(10-3-5-11(13)6-4-10)18-8-7-15(9)19(16,17)14-2/h3-6,9,12,14H,7-8H2,1-2H3/t9-,12-/m0/s1. The topological polar surface area (TPSA) is 58.6 Å². The molecule has 0 spiro atoms. The maximum Gasteiger partial charge on any atom is 0.279 e. The summed E-state index contributed by atoms with van der Waals surface area (Å²) < 4.78 is 34.4. The van der Waals surface area contributed by atoms with Crippen molar-refractivity contribution in [3.8, 4) is 0 Å². The molecule has 1 aromatic carbocycles. The molecule has 1 saturated heterocycles. The zero-order valence-corrected chi connectivity index (χ0v) is 13.2. The average molecular weight is 349 g/mol. The lowest BCUT2D eigenvalue weighted by Crippen LogP contribution is -2.51. The van der Waals surface area contributed by atoms with Crippen LogP contribution < -0.4 is 4.72 Å². The van der Waals surface area contributed by atoms with Crippen LogP contribution in [0.4, 0.5) is 0 Å². The molecule has 5 nitrogen and oxygen atoms in total. The summed E-state index contributed by atoms with van der Waals surface area (Å²) in [7, 11) is -2.00. The summed E-state index contributed by atoms with van der Waals surface area (Å²) in [5, 5.41) is 0. The number of nitrogens with zero attached hydrogens (tertiary/aromatic N) is 1. The van der Waals surface area contributed by atoms with Gasteiger partial charge in [-0.1, -0.05) is 28.1 Å². The van der Waals surface area contributed by atoms with Gasteiger partial charge in [-0.3, -0.25) is 0 Å². The highest BCUT2D eigenvalue weighted by Gasteiger charge is 2.36. The first-order valence-electron chi connectivity index (χ1n) is 6.03. The van der Waals surface area contributed by atoms with Gasteiger partial charge in [-0.2, -0.15) is 12.7 Å². The van der Waals surface area contributed by atoms with Crippen LogP contribution in [0.1, 0.15) is 18.6 Å². The van der Waals surface area contributed by atoms with Crippen molar-refractivity contribution in [1.29, 1.82) is 0 Å². The lowest BCUT2D eigenvalue weighted by Gasteiger charge is -2.38. The Morgan fingerprint density at radius 1 is 1.37 bits per heavy atom. The summed E-state index contributed by atoms with van der Waals surface area (Å²) >= 11 is 3.38. The normalized spacial score (nSPS) is 25.4. The van der Waals surface area contributed by atoms with Crippen molar-refractivity contribution < 1.29 is 13.2 Å². The lowest BCUT2D eigenvalue weighted by molar-refractivity contribution is -0.0364. The maximum atomic E-state index is 11.9. The fourth-order valence-corrected chi connectivity index (χ4v) is 3.61. The van der Waals surface area contributed by atoms with Crippen molar-refractivity contribution in [2.24, 2.45) is 0 Å². The van der Waals surface area contributed by atoms with Gasteiger partial charge in [-0.05, 0) is 24.6 Å². The zero-order valence-electron chi connectivity index (χ0n) is 10.8. The second-order valence-electron chi connectivity index (χ2n) is 4.40. The van der Waals surface area contributed by atoms with E-state index in [2.05, 4.69) is 20.7 Å². The van der Waals surface area contributed by atoms with Gasteiger partial charge in [0, 0.05) is 18.1 Å². The van der Waals surface area contributed by atoms with E-state index >= 15 is 0 Å². The minimum Gasteiger partial charge on any atom is -0.370 e. The molecule has 7 heteroatoms. The van der Waals surface area contributed by atoms with Gasteiger partial charge in [0.05, 0.1) is 18.8 Å². The monoisotopic (exact) mass is 348 g/mol. The average Bonchev–Trinajstić information content (AvgIpc) is 2.40. The SMILES string of the molecule is CNS(=O)(=O)N1CCO[C@H](c2ccc(Br)cc2)[C@@H]1C. The number of hydrogen-bond donors (Lipinski definition) is 1. The predicted molar refractivity (Wildman–Crippen MR) is 77.0 cm³/mol. The first kappa shape index (κ1) is 14.9. The number of rotatable bonds is 3. The van der Waals surface area contributed by atoms with Crippen LogP contribution in [0.25, 0.3) is 0 Å². The summed E-state index contributed by atoms with van der Waals surface area (Å²) in [6.07, 6.45) is -0.245. The van der Waals surface area contributed by atoms with Crippen molar-refractivity contribution in [2.75, 3.05) is 20.2 Å². The number of hydrogen-bond acceptors (Lipinski definition) is 3. The summed E-state index contributed by atoms with van der Waals surface area (Å²) in [5.41, 5.74) is 0.978. The van der Waals surface area contributed by atoms with Gasteiger partial charge < -0.3 is 4.74 Å². The Labute approximate surface area is 122 Å². The Morgan fingerprint density at radius 2 is 2.00 bits per heavy atom. The van der Waals surface area contributed by atoms with Gasteiger partial charge in [0.1, 0.15) is 0 Å². The van der Waals surface area contributed by atoms with E-state index in [1.54, 1.807) is 0 Å². The molecule has 0 aromatic heterocycles. The van der Waals surface area contributed by atoms with Crippen LogP contribution in [-0.4, -0.2) is 39.0 Å². The Morgan fingerprint density at radius 3 is 2.58 bits per heavy atom. The first-order valence-corrected chi connectivity index (χ1v) is 8.26. The van der Waals surface area contributed by atoms with Gasteiger partial charge in [-0.25, -0.2) is 4.72 Å². The highest BCUT2D eigenvalue weighted by molar-refractivity contribution is 9.10. The van der Waals surface area contributed by atoms with Crippen molar-refractivity contribution in [2.45, 2.75) is 19.1 Å². The highest BCUT2D eigenvalue weighted by atomic mass is 79.9. The molecule has 0 unspecified atom stereocenters. The minimum atomic E-state index is -3.43. The third kappa shape index (κ3) is 3.17. The molecule has 2 rings (SSSR count). The molecule has 0 bridgehead atoms. The Bertz CT molecular complexity index is 532. The van der Waals surface area contributed by atoms with Crippen molar-refractivity contribution in [3.05, 3.63) is 34.3 Å². The molecular formula is C12H17BrN2O3S.